The van der Waals surface area contributed by atoms with Gasteiger partial charge in [-0.05, 0) is 71.3 Å². The van der Waals surface area contributed by atoms with Gasteiger partial charge in [-0.3, -0.25) is 0 Å². The first-order valence-electron chi connectivity index (χ1n) is 8.06. The number of piperidine rings is 1. The zero-order valence-electron chi connectivity index (χ0n) is 13.6. The Balaban J connectivity index is 1.91. The number of benzene rings is 1. The molecule has 1 unspecified atom stereocenters. The van der Waals surface area contributed by atoms with E-state index in [0.717, 1.165) is 5.92 Å². The average Bonchev–Trinajstić information content (AvgIpc) is 2.40. The number of rotatable bonds is 5. The Morgan fingerprint density at radius 1 is 1.15 bits per heavy atom. The summed E-state index contributed by atoms with van der Waals surface area (Å²) in [6.45, 7) is 10.5. The summed E-state index contributed by atoms with van der Waals surface area (Å²) < 4.78 is 0. The Morgan fingerprint density at radius 3 is 2.30 bits per heavy atom. The van der Waals surface area contributed by atoms with Crippen LogP contribution in [0.3, 0.4) is 0 Å². The molecule has 0 aromatic heterocycles. The van der Waals surface area contributed by atoms with Crippen molar-refractivity contribution in [3.05, 3.63) is 34.9 Å². The lowest BCUT2D eigenvalue weighted by Gasteiger charge is -2.31. The number of nitrogens with one attached hydrogen (secondary N) is 1. The van der Waals surface area contributed by atoms with Crippen LogP contribution >= 0.6 is 0 Å². The van der Waals surface area contributed by atoms with E-state index in [4.69, 9.17) is 0 Å². The highest BCUT2D eigenvalue weighted by Gasteiger charge is 2.17. The number of nitrogens with zero attached hydrogens (tertiary/aromatic N) is 1. The Bertz CT molecular complexity index is 399. The molecule has 1 aromatic rings. The van der Waals surface area contributed by atoms with Crippen LogP contribution in [0.4, 0.5) is 0 Å². The van der Waals surface area contributed by atoms with E-state index in [9.17, 15) is 0 Å². The molecule has 1 saturated heterocycles. The normalized spacial score (nSPS) is 19.2. The molecule has 1 atom stereocenters. The van der Waals surface area contributed by atoms with Crippen molar-refractivity contribution in [3.8, 4) is 0 Å². The lowest BCUT2D eigenvalue weighted by atomic mass is 9.97. The van der Waals surface area contributed by atoms with Crippen molar-refractivity contribution < 1.29 is 0 Å². The van der Waals surface area contributed by atoms with Crippen LogP contribution in [0, 0.1) is 19.8 Å². The van der Waals surface area contributed by atoms with Gasteiger partial charge in [0.05, 0.1) is 0 Å². The monoisotopic (exact) mass is 274 g/mol. The lowest BCUT2D eigenvalue weighted by molar-refractivity contribution is 0.185. The molecule has 1 N–H and O–H groups in total. The van der Waals surface area contributed by atoms with Gasteiger partial charge < -0.3 is 10.2 Å². The average molecular weight is 274 g/mol. The fourth-order valence-electron chi connectivity index (χ4n) is 3.29. The summed E-state index contributed by atoms with van der Waals surface area (Å²) in [5.41, 5.74) is 4.18. The minimum atomic E-state index is 0.480. The van der Waals surface area contributed by atoms with E-state index in [2.05, 4.69) is 56.2 Å². The first-order chi connectivity index (χ1) is 9.58. The highest BCUT2D eigenvalue weighted by Crippen LogP contribution is 2.22. The van der Waals surface area contributed by atoms with Gasteiger partial charge in [0.2, 0.25) is 0 Å². The molecule has 2 rings (SSSR count). The van der Waals surface area contributed by atoms with Gasteiger partial charge in [-0.2, -0.15) is 0 Å². The van der Waals surface area contributed by atoms with Gasteiger partial charge in [-0.15, -0.1) is 0 Å². The molecule has 0 amide bonds. The molecule has 2 heteroatoms. The van der Waals surface area contributed by atoms with Crippen LogP contribution in [0.25, 0.3) is 0 Å². The van der Waals surface area contributed by atoms with E-state index in [0.29, 0.717) is 6.04 Å². The summed E-state index contributed by atoms with van der Waals surface area (Å²) in [7, 11) is 2.08. The predicted molar refractivity (Wildman–Crippen MR) is 87.2 cm³/mol. The molecule has 1 heterocycles. The molecule has 1 aromatic carbocycles. The first kappa shape index (κ1) is 15.5. The third-order valence-electron chi connectivity index (χ3n) is 4.61. The van der Waals surface area contributed by atoms with E-state index in [1.54, 1.807) is 0 Å². The molecular weight excluding hydrogens is 244 g/mol. The third kappa shape index (κ3) is 4.32. The highest BCUT2D eigenvalue weighted by molar-refractivity contribution is 5.30. The molecule has 0 radical (unpaired) electrons. The fourth-order valence-corrected chi connectivity index (χ4v) is 3.29. The Morgan fingerprint density at radius 2 is 1.75 bits per heavy atom. The van der Waals surface area contributed by atoms with Crippen LogP contribution in [0.1, 0.15) is 48.9 Å². The summed E-state index contributed by atoms with van der Waals surface area (Å²) in [6.07, 6.45) is 3.94. The summed E-state index contributed by atoms with van der Waals surface area (Å²) >= 11 is 0. The zero-order chi connectivity index (χ0) is 14.5. The minimum absolute atomic E-state index is 0.480. The Hall–Kier alpha value is -0.860. The van der Waals surface area contributed by atoms with Crippen molar-refractivity contribution in [1.82, 2.24) is 10.2 Å². The second-order valence-corrected chi connectivity index (χ2v) is 6.58. The van der Waals surface area contributed by atoms with Crippen molar-refractivity contribution in [2.45, 2.75) is 46.1 Å². The van der Waals surface area contributed by atoms with Gasteiger partial charge in [0, 0.05) is 6.04 Å². The highest BCUT2D eigenvalue weighted by atomic mass is 15.1. The summed E-state index contributed by atoms with van der Waals surface area (Å²) in [4.78, 5) is 2.63. The molecule has 1 aliphatic heterocycles. The summed E-state index contributed by atoms with van der Waals surface area (Å²) in [5, 5.41) is 3.49. The predicted octanol–water partition coefficient (Wildman–Crippen LogP) is 3.69. The molecular formula is C18H30N2. The van der Waals surface area contributed by atoms with Crippen molar-refractivity contribution in [3.63, 3.8) is 0 Å². The molecule has 2 nitrogen and oxygen atoms in total. The second kappa shape index (κ2) is 7.24. The molecule has 1 fully saturated rings. The SMILES string of the molecule is CNC(CCN1CCC(C)CC1)c1cc(C)cc(C)c1. The fraction of sp³-hybridized carbons (Fsp3) is 0.667. The molecule has 20 heavy (non-hydrogen) atoms. The van der Waals surface area contributed by atoms with Gasteiger partial charge in [-0.1, -0.05) is 36.2 Å². The number of likely N-dealkylation sites (tertiary alicyclic amines) is 1. The van der Waals surface area contributed by atoms with Crippen molar-refractivity contribution >= 4 is 0 Å². The van der Waals surface area contributed by atoms with Gasteiger partial charge in [-0.25, -0.2) is 0 Å². The van der Waals surface area contributed by atoms with Gasteiger partial charge in [0.1, 0.15) is 0 Å². The van der Waals surface area contributed by atoms with Crippen LogP contribution in [-0.2, 0) is 0 Å². The van der Waals surface area contributed by atoms with E-state index < -0.39 is 0 Å². The minimum Gasteiger partial charge on any atom is -0.313 e. The smallest absolute Gasteiger partial charge is 0.0329 e. The number of hydrogen-bond donors (Lipinski definition) is 1. The van der Waals surface area contributed by atoms with Crippen LogP contribution in [0.15, 0.2) is 18.2 Å². The van der Waals surface area contributed by atoms with Crippen molar-refractivity contribution in [2.75, 3.05) is 26.7 Å². The number of aryl methyl sites for hydroxylation is 2. The largest absolute Gasteiger partial charge is 0.313 e. The summed E-state index contributed by atoms with van der Waals surface area (Å²) in [5.74, 6) is 0.922. The maximum absolute atomic E-state index is 3.49. The van der Waals surface area contributed by atoms with Crippen LogP contribution in [0.2, 0.25) is 0 Å². The number of hydrogen-bond acceptors (Lipinski definition) is 2. The second-order valence-electron chi connectivity index (χ2n) is 6.58. The van der Waals surface area contributed by atoms with Gasteiger partial charge >= 0.3 is 0 Å². The molecule has 0 bridgehead atoms. The van der Waals surface area contributed by atoms with E-state index in [1.807, 2.05) is 0 Å². The molecule has 0 aliphatic carbocycles. The van der Waals surface area contributed by atoms with Crippen molar-refractivity contribution in [2.24, 2.45) is 5.92 Å². The van der Waals surface area contributed by atoms with Crippen LogP contribution in [0.5, 0.6) is 0 Å². The maximum atomic E-state index is 3.49. The molecule has 0 spiro atoms. The zero-order valence-corrected chi connectivity index (χ0v) is 13.6. The quantitative estimate of drug-likeness (QED) is 0.881. The van der Waals surface area contributed by atoms with Crippen molar-refractivity contribution in [1.29, 1.82) is 0 Å². The van der Waals surface area contributed by atoms with E-state index in [1.165, 1.54) is 55.6 Å². The van der Waals surface area contributed by atoms with Crippen LogP contribution < -0.4 is 5.32 Å². The van der Waals surface area contributed by atoms with E-state index >= 15 is 0 Å². The third-order valence-corrected chi connectivity index (χ3v) is 4.61. The molecule has 1 aliphatic rings. The van der Waals surface area contributed by atoms with Gasteiger partial charge in [0.25, 0.3) is 0 Å². The maximum Gasteiger partial charge on any atom is 0.0329 e. The van der Waals surface area contributed by atoms with Gasteiger partial charge in [0.15, 0.2) is 0 Å². The van der Waals surface area contributed by atoms with E-state index in [-0.39, 0.29) is 0 Å². The molecule has 0 saturated carbocycles. The first-order valence-corrected chi connectivity index (χ1v) is 8.06. The molecule has 112 valence electrons. The standard InChI is InChI=1S/C18H30N2/c1-14-5-8-20(9-6-14)10-7-18(19-4)17-12-15(2)11-16(3)13-17/h11-14,18-19H,5-10H2,1-4H3. The topological polar surface area (TPSA) is 15.3 Å². The Kier molecular flexibility index (Phi) is 5.62. The Labute approximate surface area is 124 Å². The summed E-state index contributed by atoms with van der Waals surface area (Å²) in [6, 6.07) is 7.38. The van der Waals surface area contributed by atoms with Crippen LogP contribution in [-0.4, -0.2) is 31.6 Å². The lowest BCUT2D eigenvalue weighted by Crippen LogP contribution is -2.35.